The molecule has 0 bridgehead atoms. The molecule has 112 valence electrons. The van der Waals surface area contributed by atoms with E-state index in [0.717, 1.165) is 32.5 Å². The zero-order valence-corrected chi connectivity index (χ0v) is 12.7. The molecule has 0 saturated carbocycles. The fourth-order valence-electron chi connectivity index (χ4n) is 2.22. The van der Waals surface area contributed by atoms with Gasteiger partial charge in [-0.15, -0.1) is 0 Å². The molecule has 1 rings (SSSR count). The molecule has 0 radical (unpaired) electrons. The number of methoxy groups -OCH3 is 1. The summed E-state index contributed by atoms with van der Waals surface area (Å²) in [6, 6.07) is 0.237. The molecule has 0 aromatic carbocycles. The number of piperidine rings is 1. The molecule has 1 heterocycles. The van der Waals surface area contributed by atoms with Gasteiger partial charge in [-0.05, 0) is 40.0 Å². The van der Waals surface area contributed by atoms with Gasteiger partial charge in [-0.2, -0.15) is 0 Å². The molecule has 0 aromatic heterocycles. The topological polar surface area (TPSA) is 50.8 Å². The number of nitrogens with zero attached hydrogens (tertiary/aromatic N) is 1. The summed E-state index contributed by atoms with van der Waals surface area (Å²) in [5.41, 5.74) is -0.428. The van der Waals surface area contributed by atoms with Crippen molar-refractivity contribution in [1.29, 1.82) is 0 Å². The van der Waals surface area contributed by atoms with Gasteiger partial charge in [-0.3, -0.25) is 0 Å². The van der Waals surface area contributed by atoms with E-state index in [4.69, 9.17) is 9.47 Å². The molecule has 1 fully saturated rings. The van der Waals surface area contributed by atoms with Crippen molar-refractivity contribution in [3.05, 3.63) is 0 Å². The maximum Gasteiger partial charge on any atom is 0.410 e. The average molecular weight is 272 g/mol. The summed E-state index contributed by atoms with van der Waals surface area (Å²) in [6.07, 6.45) is 3.09. The van der Waals surface area contributed by atoms with Crippen LogP contribution in [0.5, 0.6) is 0 Å². The fraction of sp³-hybridized carbons (Fsp3) is 0.929. The smallest absolute Gasteiger partial charge is 0.410 e. The number of amides is 1. The molecular weight excluding hydrogens is 244 g/mol. The molecule has 0 aromatic rings. The van der Waals surface area contributed by atoms with Crippen LogP contribution >= 0.6 is 0 Å². The summed E-state index contributed by atoms with van der Waals surface area (Å²) < 4.78 is 10.5. The molecule has 0 aliphatic carbocycles. The van der Waals surface area contributed by atoms with Crippen LogP contribution in [-0.4, -0.2) is 56.0 Å². The van der Waals surface area contributed by atoms with Crippen LogP contribution in [0, 0.1) is 0 Å². The number of carbonyl (C=O) groups excluding carboxylic acids is 1. The molecule has 0 spiro atoms. The van der Waals surface area contributed by atoms with Crippen LogP contribution in [0.25, 0.3) is 0 Å². The molecule has 5 heteroatoms. The first-order valence-corrected chi connectivity index (χ1v) is 7.13. The van der Waals surface area contributed by atoms with E-state index in [2.05, 4.69) is 5.32 Å². The molecular formula is C14H28N2O3. The second kappa shape index (κ2) is 7.70. The normalized spacial score (nSPS) is 20.4. The van der Waals surface area contributed by atoms with Gasteiger partial charge in [0.2, 0.25) is 0 Å². The fourth-order valence-corrected chi connectivity index (χ4v) is 2.22. The van der Waals surface area contributed by atoms with E-state index in [1.165, 1.54) is 6.42 Å². The van der Waals surface area contributed by atoms with Crippen LogP contribution in [-0.2, 0) is 9.47 Å². The maximum absolute atomic E-state index is 12.2. The van der Waals surface area contributed by atoms with Crippen LogP contribution in [0.15, 0.2) is 0 Å². The van der Waals surface area contributed by atoms with E-state index in [1.807, 2.05) is 25.7 Å². The molecule has 1 atom stereocenters. The third kappa shape index (κ3) is 6.25. The molecule has 1 unspecified atom stereocenters. The Balaban J connectivity index is 2.45. The minimum atomic E-state index is -0.428. The number of ether oxygens (including phenoxy) is 2. The zero-order chi connectivity index (χ0) is 14.3. The lowest BCUT2D eigenvalue weighted by Gasteiger charge is -2.36. The van der Waals surface area contributed by atoms with Crippen molar-refractivity contribution in [3.63, 3.8) is 0 Å². The monoisotopic (exact) mass is 272 g/mol. The predicted octanol–water partition coefficient (Wildman–Crippen LogP) is 2.01. The lowest BCUT2D eigenvalue weighted by Crippen LogP contribution is -2.50. The Morgan fingerprint density at radius 2 is 2.11 bits per heavy atom. The van der Waals surface area contributed by atoms with E-state index in [0.29, 0.717) is 6.61 Å². The van der Waals surface area contributed by atoms with Gasteiger partial charge in [0.25, 0.3) is 0 Å². The third-order valence-corrected chi connectivity index (χ3v) is 3.12. The van der Waals surface area contributed by atoms with Crippen LogP contribution in [0.3, 0.4) is 0 Å². The Hall–Kier alpha value is -0.810. The van der Waals surface area contributed by atoms with E-state index in [-0.39, 0.29) is 12.1 Å². The van der Waals surface area contributed by atoms with Gasteiger partial charge >= 0.3 is 6.09 Å². The predicted molar refractivity (Wildman–Crippen MR) is 75.3 cm³/mol. The van der Waals surface area contributed by atoms with Gasteiger partial charge in [-0.1, -0.05) is 0 Å². The van der Waals surface area contributed by atoms with Crippen LogP contribution in [0.1, 0.15) is 40.0 Å². The van der Waals surface area contributed by atoms with Gasteiger partial charge in [-0.25, -0.2) is 4.79 Å². The van der Waals surface area contributed by atoms with Crippen molar-refractivity contribution < 1.29 is 14.3 Å². The number of hydrogen-bond acceptors (Lipinski definition) is 4. The quantitative estimate of drug-likeness (QED) is 0.778. The lowest BCUT2D eigenvalue weighted by molar-refractivity contribution is 0.00985. The Labute approximate surface area is 116 Å². The van der Waals surface area contributed by atoms with Crippen LogP contribution in [0.4, 0.5) is 4.79 Å². The molecule has 1 aliphatic rings. The highest BCUT2D eigenvalue weighted by Gasteiger charge is 2.29. The summed E-state index contributed by atoms with van der Waals surface area (Å²) in [5.74, 6) is 0. The van der Waals surface area contributed by atoms with Crippen molar-refractivity contribution in [3.8, 4) is 0 Å². The number of rotatable bonds is 5. The first-order chi connectivity index (χ1) is 8.94. The SMILES string of the molecule is COCCNCC1CCCCN1C(=O)OC(C)(C)C. The second-order valence-corrected chi connectivity index (χ2v) is 6.02. The second-order valence-electron chi connectivity index (χ2n) is 6.02. The van der Waals surface area contributed by atoms with Crippen molar-refractivity contribution in [2.75, 3.05) is 33.4 Å². The minimum absolute atomic E-state index is 0.189. The van der Waals surface area contributed by atoms with Crippen molar-refractivity contribution in [2.45, 2.75) is 51.7 Å². The first-order valence-electron chi connectivity index (χ1n) is 7.13. The van der Waals surface area contributed by atoms with Crippen molar-refractivity contribution >= 4 is 6.09 Å². The molecule has 1 amide bonds. The number of carbonyl (C=O) groups is 1. The van der Waals surface area contributed by atoms with Crippen molar-refractivity contribution in [1.82, 2.24) is 10.2 Å². The largest absolute Gasteiger partial charge is 0.444 e. The number of hydrogen-bond donors (Lipinski definition) is 1. The Morgan fingerprint density at radius 1 is 1.37 bits per heavy atom. The average Bonchev–Trinajstić information content (AvgIpc) is 2.33. The van der Waals surface area contributed by atoms with Gasteiger partial charge in [0.15, 0.2) is 0 Å². The number of nitrogens with one attached hydrogen (secondary N) is 1. The zero-order valence-electron chi connectivity index (χ0n) is 12.7. The molecule has 19 heavy (non-hydrogen) atoms. The van der Waals surface area contributed by atoms with Gasteiger partial charge in [0.1, 0.15) is 5.60 Å². The standard InChI is InChI=1S/C14H28N2O3/c1-14(2,3)19-13(17)16-9-6-5-7-12(16)11-15-8-10-18-4/h12,15H,5-11H2,1-4H3. The third-order valence-electron chi connectivity index (χ3n) is 3.12. The van der Waals surface area contributed by atoms with E-state index >= 15 is 0 Å². The highest BCUT2D eigenvalue weighted by Crippen LogP contribution is 2.19. The van der Waals surface area contributed by atoms with Gasteiger partial charge in [0.05, 0.1) is 6.61 Å². The van der Waals surface area contributed by atoms with Crippen LogP contribution in [0.2, 0.25) is 0 Å². The highest BCUT2D eigenvalue weighted by molar-refractivity contribution is 5.68. The number of likely N-dealkylation sites (tertiary alicyclic amines) is 1. The Bertz CT molecular complexity index is 276. The molecule has 5 nitrogen and oxygen atoms in total. The van der Waals surface area contributed by atoms with Gasteiger partial charge in [0, 0.05) is 32.8 Å². The Kier molecular flexibility index (Phi) is 6.58. The van der Waals surface area contributed by atoms with E-state index in [9.17, 15) is 4.79 Å². The highest BCUT2D eigenvalue weighted by atomic mass is 16.6. The van der Waals surface area contributed by atoms with E-state index < -0.39 is 5.60 Å². The Morgan fingerprint density at radius 3 is 2.74 bits per heavy atom. The van der Waals surface area contributed by atoms with Gasteiger partial charge < -0.3 is 19.7 Å². The summed E-state index contributed by atoms with van der Waals surface area (Å²) >= 11 is 0. The first kappa shape index (κ1) is 16.2. The minimum Gasteiger partial charge on any atom is -0.444 e. The summed E-state index contributed by atoms with van der Waals surface area (Å²) in [7, 11) is 1.69. The summed E-state index contributed by atoms with van der Waals surface area (Å²) in [6.45, 7) is 8.82. The lowest BCUT2D eigenvalue weighted by atomic mass is 10.0. The molecule has 1 aliphatic heterocycles. The maximum atomic E-state index is 12.2. The van der Waals surface area contributed by atoms with Crippen molar-refractivity contribution in [2.24, 2.45) is 0 Å². The molecule has 1 saturated heterocycles. The van der Waals surface area contributed by atoms with Crippen LogP contribution < -0.4 is 5.32 Å². The molecule has 1 N–H and O–H groups in total. The van der Waals surface area contributed by atoms with E-state index in [1.54, 1.807) is 7.11 Å². The summed E-state index contributed by atoms with van der Waals surface area (Å²) in [5, 5.41) is 3.33. The summed E-state index contributed by atoms with van der Waals surface area (Å²) in [4.78, 5) is 14.0.